The fraction of sp³-hybridized carbons (Fsp3) is 0.125. The molecule has 7 heteroatoms. The van der Waals surface area contributed by atoms with Gasteiger partial charge in [0, 0.05) is 6.54 Å². The quantitative estimate of drug-likeness (QED) is 0.757. The van der Waals surface area contributed by atoms with Gasteiger partial charge in [-0.1, -0.05) is 23.4 Å². The highest BCUT2D eigenvalue weighted by Crippen LogP contribution is 2.22. The van der Waals surface area contributed by atoms with E-state index in [0.29, 0.717) is 17.9 Å². The maximum absolute atomic E-state index is 13.5. The monoisotopic (exact) mass is 317 g/mol. The molecule has 0 spiro atoms. The Hall–Kier alpha value is -2.80. The SMILES string of the molecule is Oc1cccc(CN[C@@H](c2ccc(F)c(F)c2)c2ncon2)c1. The Kier molecular flexibility index (Phi) is 4.29. The molecule has 0 aliphatic rings. The molecule has 23 heavy (non-hydrogen) atoms. The van der Waals surface area contributed by atoms with E-state index in [1.165, 1.54) is 6.07 Å². The van der Waals surface area contributed by atoms with Crippen molar-refractivity contribution in [2.24, 2.45) is 0 Å². The average Bonchev–Trinajstić information content (AvgIpc) is 3.05. The molecule has 2 aromatic carbocycles. The molecular formula is C16H13F2N3O2. The second-order valence-corrected chi connectivity index (χ2v) is 4.95. The third kappa shape index (κ3) is 3.51. The van der Waals surface area contributed by atoms with Crippen LogP contribution in [0.1, 0.15) is 23.0 Å². The van der Waals surface area contributed by atoms with E-state index in [1.54, 1.807) is 18.2 Å². The fourth-order valence-electron chi connectivity index (χ4n) is 2.24. The first-order valence-electron chi connectivity index (χ1n) is 6.86. The molecule has 1 aromatic heterocycles. The summed E-state index contributed by atoms with van der Waals surface area (Å²) in [5, 5.41) is 16.4. The van der Waals surface area contributed by atoms with E-state index in [4.69, 9.17) is 4.52 Å². The fourth-order valence-corrected chi connectivity index (χ4v) is 2.24. The first kappa shape index (κ1) is 15.1. The number of hydrogen-bond donors (Lipinski definition) is 2. The van der Waals surface area contributed by atoms with Gasteiger partial charge in [-0.05, 0) is 35.4 Å². The maximum atomic E-state index is 13.5. The molecule has 1 heterocycles. The summed E-state index contributed by atoms with van der Waals surface area (Å²) in [5.74, 6) is -1.42. The van der Waals surface area contributed by atoms with Crippen LogP contribution in [0, 0.1) is 11.6 Å². The number of rotatable bonds is 5. The summed E-state index contributed by atoms with van der Waals surface area (Å²) in [6.45, 7) is 0.368. The summed E-state index contributed by atoms with van der Waals surface area (Å²) < 4.78 is 31.4. The first-order valence-corrected chi connectivity index (χ1v) is 6.86. The second kappa shape index (κ2) is 6.53. The molecule has 3 aromatic rings. The molecule has 118 valence electrons. The van der Waals surface area contributed by atoms with Gasteiger partial charge in [-0.25, -0.2) is 8.78 Å². The third-order valence-corrected chi connectivity index (χ3v) is 3.33. The smallest absolute Gasteiger partial charge is 0.213 e. The van der Waals surface area contributed by atoms with Crippen molar-refractivity contribution in [3.63, 3.8) is 0 Å². The maximum Gasteiger partial charge on any atom is 0.213 e. The van der Waals surface area contributed by atoms with Gasteiger partial charge >= 0.3 is 0 Å². The predicted octanol–water partition coefficient (Wildman–Crippen LogP) is 2.93. The normalized spacial score (nSPS) is 12.3. The summed E-state index contributed by atoms with van der Waals surface area (Å²) in [4.78, 5) is 3.97. The third-order valence-electron chi connectivity index (χ3n) is 3.33. The minimum atomic E-state index is -0.949. The number of aromatic hydroxyl groups is 1. The zero-order valence-corrected chi connectivity index (χ0v) is 11.9. The zero-order chi connectivity index (χ0) is 16.2. The van der Waals surface area contributed by atoms with Gasteiger partial charge in [-0.15, -0.1) is 0 Å². The van der Waals surface area contributed by atoms with E-state index in [-0.39, 0.29) is 5.75 Å². The Labute approximate surface area is 130 Å². The van der Waals surface area contributed by atoms with Crippen molar-refractivity contribution >= 4 is 0 Å². The van der Waals surface area contributed by atoms with Crippen molar-refractivity contribution in [3.8, 4) is 5.75 Å². The van der Waals surface area contributed by atoms with Gasteiger partial charge in [-0.3, -0.25) is 5.32 Å². The van der Waals surface area contributed by atoms with Crippen molar-refractivity contribution in [2.45, 2.75) is 12.6 Å². The number of nitrogens with zero attached hydrogens (tertiary/aromatic N) is 2. The Morgan fingerprint density at radius 2 is 2.00 bits per heavy atom. The second-order valence-electron chi connectivity index (χ2n) is 4.95. The standard InChI is InChI=1S/C16H13F2N3O2/c17-13-5-4-11(7-14(13)18)15(16-20-9-23-21-16)19-8-10-2-1-3-12(22)6-10/h1-7,9,15,19,22H,8H2/t15-/m0/s1. The number of aromatic nitrogens is 2. The number of nitrogens with one attached hydrogen (secondary N) is 1. The van der Waals surface area contributed by atoms with Crippen molar-refractivity contribution in [3.05, 3.63) is 77.4 Å². The van der Waals surface area contributed by atoms with Crippen LogP contribution in [0.4, 0.5) is 8.78 Å². The summed E-state index contributed by atoms with van der Waals surface area (Å²) in [6, 6.07) is 9.72. The van der Waals surface area contributed by atoms with Crippen LogP contribution >= 0.6 is 0 Å². The van der Waals surface area contributed by atoms with Gasteiger partial charge in [0.05, 0.1) is 6.04 Å². The van der Waals surface area contributed by atoms with Crippen molar-refractivity contribution < 1.29 is 18.4 Å². The van der Waals surface area contributed by atoms with E-state index >= 15 is 0 Å². The predicted molar refractivity (Wildman–Crippen MR) is 77.4 cm³/mol. The lowest BCUT2D eigenvalue weighted by Gasteiger charge is -2.16. The molecule has 0 aliphatic carbocycles. The lowest BCUT2D eigenvalue weighted by atomic mass is 10.1. The zero-order valence-electron chi connectivity index (χ0n) is 11.9. The van der Waals surface area contributed by atoms with Crippen LogP contribution in [0.2, 0.25) is 0 Å². The number of phenolic OH excluding ortho intramolecular Hbond substituents is 1. The lowest BCUT2D eigenvalue weighted by Crippen LogP contribution is -2.23. The van der Waals surface area contributed by atoms with E-state index in [2.05, 4.69) is 15.5 Å². The number of hydrogen-bond acceptors (Lipinski definition) is 5. The summed E-state index contributed by atoms with van der Waals surface area (Å²) in [5.41, 5.74) is 1.28. The number of benzene rings is 2. The topological polar surface area (TPSA) is 71.2 Å². The van der Waals surface area contributed by atoms with Crippen LogP contribution < -0.4 is 5.32 Å². The molecule has 0 aliphatic heterocycles. The Balaban J connectivity index is 1.86. The minimum Gasteiger partial charge on any atom is -0.508 e. The molecule has 5 nitrogen and oxygen atoms in total. The van der Waals surface area contributed by atoms with Crippen molar-refractivity contribution in [1.82, 2.24) is 15.5 Å². The molecular weight excluding hydrogens is 304 g/mol. The van der Waals surface area contributed by atoms with Crippen molar-refractivity contribution in [2.75, 3.05) is 0 Å². The molecule has 0 saturated carbocycles. The van der Waals surface area contributed by atoms with Crippen molar-refractivity contribution in [1.29, 1.82) is 0 Å². The van der Waals surface area contributed by atoms with Gasteiger partial charge in [0.25, 0.3) is 0 Å². The largest absolute Gasteiger partial charge is 0.508 e. The molecule has 0 amide bonds. The van der Waals surface area contributed by atoms with E-state index in [0.717, 1.165) is 24.1 Å². The molecule has 0 radical (unpaired) electrons. The molecule has 0 unspecified atom stereocenters. The lowest BCUT2D eigenvalue weighted by molar-refractivity contribution is 0.401. The van der Waals surface area contributed by atoms with E-state index < -0.39 is 17.7 Å². The Bertz CT molecular complexity index is 794. The molecule has 1 atom stereocenters. The van der Waals surface area contributed by atoms with Crippen LogP contribution in [0.15, 0.2) is 53.4 Å². The highest BCUT2D eigenvalue weighted by Gasteiger charge is 2.19. The summed E-state index contributed by atoms with van der Waals surface area (Å²) >= 11 is 0. The summed E-state index contributed by atoms with van der Waals surface area (Å²) in [7, 11) is 0. The molecule has 0 bridgehead atoms. The van der Waals surface area contributed by atoms with E-state index in [9.17, 15) is 13.9 Å². The number of phenols is 1. The Morgan fingerprint density at radius 1 is 1.13 bits per heavy atom. The average molecular weight is 317 g/mol. The highest BCUT2D eigenvalue weighted by atomic mass is 19.2. The first-order chi connectivity index (χ1) is 11.1. The van der Waals surface area contributed by atoms with Crippen LogP contribution in [0.25, 0.3) is 0 Å². The van der Waals surface area contributed by atoms with Gasteiger partial charge in [0.1, 0.15) is 5.75 Å². The molecule has 0 saturated heterocycles. The molecule has 2 N–H and O–H groups in total. The number of halogens is 2. The summed E-state index contributed by atoms with van der Waals surface area (Å²) in [6.07, 6.45) is 1.16. The van der Waals surface area contributed by atoms with Crippen LogP contribution in [-0.4, -0.2) is 15.2 Å². The van der Waals surface area contributed by atoms with Crippen LogP contribution in [-0.2, 0) is 6.54 Å². The molecule has 0 fully saturated rings. The van der Waals surface area contributed by atoms with Crippen LogP contribution in [0.5, 0.6) is 5.75 Å². The van der Waals surface area contributed by atoms with Gasteiger partial charge in [0.15, 0.2) is 17.5 Å². The Morgan fingerprint density at radius 3 is 2.70 bits per heavy atom. The minimum absolute atomic E-state index is 0.147. The molecule has 3 rings (SSSR count). The highest BCUT2D eigenvalue weighted by molar-refractivity contribution is 5.29. The van der Waals surface area contributed by atoms with Gasteiger partial charge < -0.3 is 9.63 Å². The van der Waals surface area contributed by atoms with Gasteiger partial charge in [0.2, 0.25) is 6.39 Å². The van der Waals surface area contributed by atoms with E-state index in [1.807, 2.05) is 6.07 Å². The van der Waals surface area contributed by atoms with Crippen LogP contribution in [0.3, 0.4) is 0 Å². The van der Waals surface area contributed by atoms with Gasteiger partial charge in [-0.2, -0.15) is 4.98 Å².